The van der Waals surface area contributed by atoms with E-state index < -0.39 is 0 Å². The average Bonchev–Trinajstić information content (AvgIpc) is 2.54. The second-order valence-electron chi connectivity index (χ2n) is 5.50. The highest BCUT2D eigenvalue weighted by atomic mass is 35.5. The van der Waals surface area contributed by atoms with Crippen LogP contribution in [0.1, 0.15) is 45.2 Å². The molecule has 0 aliphatic carbocycles. The summed E-state index contributed by atoms with van der Waals surface area (Å²) >= 11 is 7.98. The van der Waals surface area contributed by atoms with Crippen molar-refractivity contribution in [2.45, 2.75) is 45.8 Å². The number of nitrogens with zero attached hydrogens (tertiary/aromatic N) is 2. The lowest BCUT2D eigenvalue weighted by atomic mass is 10.0. The fourth-order valence-corrected chi connectivity index (χ4v) is 3.30. The number of nitrogens with two attached hydrogens (primary N) is 1. The molecule has 0 fully saturated rings. The number of hydrogen-bond acceptors (Lipinski definition) is 5. The van der Waals surface area contributed by atoms with Crippen LogP contribution in [0.5, 0.6) is 5.88 Å². The first-order valence-corrected chi connectivity index (χ1v) is 9.54. The van der Waals surface area contributed by atoms with Crippen LogP contribution < -0.4 is 10.5 Å². The van der Waals surface area contributed by atoms with Crippen LogP contribution in [-0.4, -0.2) is 27.6 Å². The molecule has 0 amide bonds. The van der Waals surface area contributed by atoms with Crippen LogP contribution >= 0.6 is 23.4 Å². The number of halogens is 1. The number of rotatable bonds is 8. The standard InChI is InChI=1S/C17H24ClN3OS/c1-4-15(19)13-9-21-17(22-11(3)6-7-23-5-2)14-10-20-16(18)8-12(13)14/h8-11,15H,4-7,19H2,1-3H3. The molecule has 0 aliphatic rings. The van der Waals surface area contributed by atoms with E-state index in [-0.39, 0.29) is 12.1 Å². The molecule has 2 heterocycles. The molecule has 126 valence electrons. The van der Waals surface area contributed by atoms with Crippen molar-refractivity contribution in [2.75, 3.05) is 11.5 Å². The predicted octanol–water partition coefficient (Wildman–Crippen LogP) is 4.60. The van der Waals surface area contributed by atoms with Crippen molar-refractivity contribution in [3.8, 4) is 5.88 Å². The Kier molecular flexibility index (Phi) is 6.93. The molecule has 0 saturated carbocycles. The zero-order chi connectivity index (χ0) is 16.8. The Labute approximate surface area is 147 Å². The van der Waals surface area contributed by atoms with Crippen molar-refractivity contribution in [3.05, 3.63) is 29.2 Å². The minimum Gasteiger partial charge on any atom is -0.474 e. The Bertz CT molecular complexity index is 653. The molecule has 6 heteroatoms. The number of thioether (sulfide) groups is 1. The molecule has 2 aromatic heterocycles. The van der Waals surface area contributed by atoms with E-state index in [1.54, 1.807) is 12.4 Å². The lowest BCUT2D eigenvalue weighted by Crippen LogP contribution is -2.15. The van der Waals surface area contributed by atoms with E-state index in [4.69, 9.17) is 22.1 Å². The molecule has 23 heavy (non-hydrogen) atoms. The topological polar surface area (TPSA) is 61.0 Å². The SMILES string of the molecule is CCSCCC(C)Oc1ncc(C(N)CC)c2cc(Cl)ncc12. The van der Waals surface area contributed by atoms with Gasteiger partial charge in [0.2, 0.25) is 5.88 Å². The number of fused-ring (bicyclic) bond motifs is 1. The van der Waals surface area contributed by atoms with E-state index in [0.717, 1.165) is 40.7 Å². The molecule has 2 rings (SSSR count). The van der Waals surface area contributed by atoms with E-state index in [2.05, 4.69) is 30.7 Å². The van der Waals surface area contributed by atoms with Crippen molar-refractivity contribution in [1.29, 1.82) is 0 Å². The molecule has 0 spiro atoms. The molecule has 0 radical (unpaired) electrons. The van der Waals surface area contributed by atoms with Gasteiger partial charge in [-0.3, -0.25) is 0 Å². The summed E-state index contributed by atoms with van der Waals surface area (Å²) < 4.78 is 6.03. The molecule has 2 aromatic rings. The first-order chi connectivity index (χ1) is 11.1. The van der Waals surface area contributed by atoms with E-state index in [0.29, 0.717) is 11.0 Å². The number of aromatic nitrogens is 2. The predicted molar refractivity (Wildman–Crippen MR) is 99.5 cm³/mol. The van der Waals surface area contributed by atoms with Gasteiger partial charge in [-0.1, -0.05) is 25.4 Å². The van der Waals surface area contributed by atoms with E-state index in [1.807, 2.05) is 17.8 Å². The highest BCUT2D eigenvalue weighted by Crippen LogP contribution is 2.31. The van der Waals surface area contributed by atoms with Gasteiger partial charge in [0.1, 0.15) is 5.15 Å². The first-order valence-electron chi connectivity index (χ1n) is 8.00. The Morgan fingerprint density at radius 1 is 1.26 bits per heavy atom. The summed E-state index contributed by atoms with van der Waals surface area (Å²) in [6.45, 7) is 6.28. The van der Waals surface area contributed by atoms with Crippen LogP contribution in [-0.2, 0) is 0 Å². The molecule has 0 bridgehead atoms. The third-order valence-electron chi connectivity index (χ3n) is 3.76. The number of ether oxygens (including phenoxy) is 1. The maximum atomic E-state index is 6.20. The highest BCUT2D eigenvalue weighted by Gasteiger charge is 2.15. The third-order valence-corrected chi connectivity index (χ3v) is 4.90. The highest BCUT2D eigenvalue weighted by molar-refractivity contribution is 7.99. The second kappa shape index (κ2) is 8.71. The van der Waals surface area contributed by atoms with E-state index in [9.17, 15) is 0 Å². The minimum atomic E-state index is -0.0732. The Morgan fingerprint density at radius 2 is 2.04 bits per heavy atom. The largest absolute Gasteiger partial charge is 0.474 e. The van der Waals surface area contributed by atoms with Crippen molar-refractivity contribution in [1.82, 2.24) is 9.97 Å². The van der Waals surface area contributed by atoms with E-state index in [1.165, 1.54) is 0 Å². The first kappa shape index (κ1) is 18.3. The third kappa shape index (κ3) is 4.72. The quantitative estimate of drug-likeness (QED) is 0.555. The van der Waals surface area contributed by atoms with Gasteiger partial charge in [0, 0.05) is 18.4 Å². The van der Waals surface area contributed by atoms with Crippen molar-refractivity contribution < 1.29 is 4.74 Å². The molecular formula is C17H24ClN3OS. The molecule has 2 N–H and O–H groups in total. The molecule has 2 unspecified atom stereocenters. The van der Waals surface area contributed by atoms with Crippen LogP contribution in [0.15, 0.2) is 18.5 Å². The maximum absolute atomic E-state index is 6.20. The monoisotopic (exact) mass is 353 g/mol. The minimum absolute atomic E-state index is 0.0732. The van der Waals surface area contributed by atoms with Crippen LogP contribution in [0, 0.1) is 0 Å². The van der Waals surface area contributed by atoms with Crippen LogP contribution in [0.2, 0.25) is 5.15 Å². The van der Waals surface area contributed by atoms with Crippen molar-refractivity contribution in [3.63, 3.8) is 0 Å². The van der Waals surface area contributed by atoms with Gasteiger partial charge in [0.25, 0.3) is 0 Å². The Hall–Kier alpha value is -1.04. The zero-order valence-corrected chi connectivity index (χ0v) is 15.5. The lowest BCUT2D eigenvalue weighted by molar-refractivity contribution is 0.213. The number of hydrogen-bond donors (Lipinski definition) is 1. The van der Waals surface area contributed by atoms with Crippen LogP contribution in [0.3, 0.4) is 0 Å². The normalized spacial score (nSPS) is 14.0. The van der Waals surface area contributed by atoms with Crippen molar-refractivity contribution in [2.24, 2.45) is 5.73 Å². The Balaban J connectivity index is 2.31. The van der Waals surface area contributed by atoms with Gasteiger partial charge in [-0.2, -0.15) is 11.8 Å². The van der Waals surface area contributed by atoms with Gasteiger partial charge in [-0.15, -0.1) is 0 Å². The summed E-state index contributed by atoms with van der Waals surface area (Å²) in [5.74, 6) is 2.81. The fraction of sp³-hybridized carbons (Fsp3) is 0.529. The second-order valence-corrected chi connectivity index (χ2v) is 7.28. The summed E-state index contributed by atoms with van der Waals surface area (Å²) in [5.41, 5.74) is 7.18. The molecular weight excluding hydrogens is 330 g/mol. The maximum Gasteiger partial charge on any atom is 0.223 e. The van der Waals surface area contributed by atoms with Gasteiger partial charge < -0.3 is 10.5 Å². The molecule has 0 aliphatic heterocycles. The summed E-state index contributed by atoms with van der Waals surface area (Å²) in [4.78, 5) is 8.66. The van der Waals surface area contributed by atoms with E-state index >= 15 is 0 Å². The summed E-state index contributed by atoms with van der Waals surface area (Å²) in [6.07, 6.45) is 5.45. The lowest BCUT2D eigenvalue weighted by Gasteiger charge is -2.18. The number of pyridine rings is 2. The van der Waals surface area contributed by atoms with Gasteiger partial charge in [-0.25, -0.2) is 9.97 Å². The van der Waals surface area contributed by atoms with Gasteiger partial charge >= 0.3 is 0 Å². The average molecular weight is 354 g/mol. The summed E-state index contributed by atoms with van der Waals surface area (Å²) in [6, 6.07) is 1.77. The smallest absolute Gasteiger partial charge is 0.223 e. The van der Waals surface area contributed by atoms with Gasteiger partial charge in [0.15, 0.2) is 0 Å². The molecule has 2 atom stereocenters. The van der Waals surface area contributed by atoms with Gasteiger partial charge in [-0.05, 0) is 48.3 Å². The summed E-state index contributed by atoms with van der Waals surface area (Å²) in [7, 11) is 0. The fourth-order valence-electron chi connectivity index (χ4n) is 2.36. The molecule has 4 nitrogen and oxygen atoms in total. The molecule has 0 aromatic carbocycles. The van der Waals surface area contributed by atoms with Gasteiger partial charge in [0.05, 0.1) is 11.5 Å². The Morgan fingerprint density at radius 3 is 2.74 bits per heavy atom. The summed E-state index contributed by atoms with van der Waals surface area (Å²) in [5, 5.41) is 2.29. The van der Waals surface area contributed by atoms with Crippen molar-refractivity contribution >= 4 is 34.1 Å². The zero-order valence-electron chi connectivity index (χ0n) is 13.9. The molecule has 0 saturated heterocycles. The van der Waals surface area contributed by atoms with Crippen LogP contribution in [0.4, 0.5) is 0 Å². The van der Waals surface area contributed by atoms with Crippen LogP contribution in [0.25, 0.3) is 10.8 Å².